The van der Waals surface area contributed by atoms with E-state index < -0.39 is 11.4 Å². The van der Waals surface area contributed by atoms with Crippen LogP contribution in [-0.4, -0.2) is 27.2 Å². The molecule has 3 aromatic rings. The van der Waals surface area contributed by atoms with Crippen LogP contribution in [0.2, 0.25) is 0 Å². The summed E-state index contributed by atoms with van der Waals surface area (Å²) in [5.41, 5.74) is 0.0107. The molecule has 1 N–H and O–H groups in total. The molecule has 0 unspecified atom stereocenters. The second-order valence-electron chi connectivity index (χ2n) is 5.31. The summed E-state index contributed by atoms with van der Waals surface area (Å²) in [6.07, 6.45) is 4.33. The molecule has 3 rings (SSSR count). The van der Waals surface area contributed by atoms with Crippen LogP contribution in [0.5, 0.6) is 5.75 Å². The van der Waals surface area contributed by atoms with Crippen LogP contribution in [0.15, 0.2) is 52.1 Å². The van der Waals surface area contributed by atoms with E-state index >= 15 is 0 Å². The SMILES string of the molecule is CCOC(=O)c1coc(-c2ccc(O)cc2)c(-c2nccn2C)c1=O. The van der Waals surface area contributed by atoms with E-state index in [0.29, 0.717) is 11.4 Å². The fourth-order valence-electron chi connectivity index (χ4n) is 2.45. The average molecular weight is 340 g/mol. The van der Waals surface area contributed by atoms with Crippen molar-refractivity contribution in [3.05, 3.63) is 58.7 Å². The fraction of sp³-hybridized carbons (Fsp3) is 0.167. The van der Waals surface area contributed by atoms with Gasteiger partial charge in [-0.1, -0.05) is 0 Å². The zero-order chi connectivity index (χ0) is 18.0. The van der Waals surface area contributed by atoms with Gasteiger partial charge in [0, 0.05) is 25.0 Å². The summed E-state index contributed by atoms with van der Waals surface area (Å²) in [6, 6.07) is 6.20. The molecular weight excluding hydrogens is 324 g/mol. The van der Waals surface area contributed by atoms with E-state index in [1.54, 1.807) is 43.1 Å². The van der Waals surface area contributed by atoms with Gasteiger partial charge in [0.2, 0.25) is 5.43 Å². The second kappa shape index (κ2) is 6.64. The zero-order valence-corrected chi connectivity index (χ0v) is 13.7. The highest BCUT2D eigenvalue weighted by molar-refractivity contribution is 5.91. The average Bonchev–Trinajstić information content (AvgIpc) is 3.01. The van der Waals surface area contributed by atoms with Crippen LogP contribution >= 0.6 is 0 Å². The topological polar surface area (TPSA) is 94.6 Å². The number of nitrogens with zero attached hydrogens (tertiary/aromatic N) is 2. The van der Waals surface area contributed by atoms with E-state index in [2.05, 4.69) is 4.98 Å². The van der Waals surface area contributed by atoms with Gasteiger partial charge < -0.3 is 18.8 Å². The highest BCUT2D eigenvalue weighted by Crippen LogP contribution is 2.30. The molecule has 0 atom stereocenters. The third kappa shape index (κ3) is 3.03. The van der Waals surface area contributed by atoms with Crippen molar-refractivity contribution in [2.45, 2.75) is 6.92 Å². The number of ether oxygens (including phenoxy) is 1. The minimum Gasteiger partial charge on any atom is -0.508 e. The Hall–Kier alpha value is -3.35. The molecule has 25 heavy (non-hydrogen) atoms. The summed E-state index contributed by atoms with van der Waals surface area (Å²) in [4.78, 5) is 29.2. The van der Waals surface area contributed by atoms with Gasteiger partial charge in [0.05, 0.1) is 6.61 Å². The fourth-order valence-corrected chi connectivity index (χ4v) is 2.45. The van der Waals surface area contributed by atoms with E-state index in [0.717, 1.165) is 6.26 Å². The summed E-state index contributed by atoms with van der Waals surface area (Å²) in [5, 5.41) is 9.46. The zero-order valence-electron chi connectivity index (χ0n) is 13.7. The van der Waals surface area contributed by atoms with Crippen LogP contribution < -0.4 is 5.43 Å². The van der Waals surface area contributed by atoms with Gasteiger partial charge >= 0.3 is 5.97 Å². The van der Waals surface area contributed by atoms with Gasteiger partial charge in [-0.3, -0.25) is 4.79 Å². The van der Waals surface area contributed by atoms with Gasteiger partial charge in [0.15, 0.2) is 0 Å². The first-order chi connectivity index (χ1) is 12.0. The number of aromatic hydroxyl groups is 1. The Morgan fingerprint density at radius 1 is 1.32 bits per heavy atom. The van der Waals surface area contributed by atoms with E-state index in [-0.39, 0.29) is 29.2 Å². The Kier molecular flexibility index (Phi) is 4.38. The molecule has 0 amide bonds. The van der Waals surface area contributed by atoms with E-state index in [9.17, 15) is 14.7 Å². The van der Waals surface area contributed by atoms with Gasteiger partial charge in [-0.15, -0.1) is 0 Å². The maximum absolute atomic E-state index is 12.9. The number of hydrogen-bond acceptors (Lipinski definition) is 6. The number of esters is 1. The molecule has 0 aliphatic carbocycles. The van der Waals surface area contributed by atoms with Crippen molar-refractivity contribution in [3.8, 4) is 28.5 Å². The highest BCUT2D eigenvalue weighted by Gasteiger charge is 2.24. The number of imidazole rings is 1. The number of phenolic OH excluding ortho intramolecular Hbond substituents is 1. The molecule has 7 nitrogen and oxygen atoms in total. The molecule has 0 fully saturated rings. The predicted molar refractivity (Wildman–Crippen MR) is 90.2 cm³/mol. The number of aromatic nitrogens is 2. The molecule has 0 aliphatic rings. The molecule has 0 spiro atoms. The Bertz CT molecular complexity index is 970. The van der Waals surface area contributed by atoms with Crippen LogP contribution in [-0.2, 0) is 11.8 Å². The monoisotopic (exact) mass is 340 g/mol. The van der Waals surface area contributed by atoms with E-state index in [1.807, 2.05) is 0 Å². The van der Waals surface area contributed by atoms with Crippen molar-refractivity contribution in [2.75, 3.05) is 6.61 Å². The van der Waals surface area contributed by atoms with Crippen molar-refractivity contribution < 1.29 is 19.1 Å². The first-order valence-electron chi connectivity index (χ1n) is 7.63. The summed E-state index contributed by atoms with van der Waals surface area (Å²) in [5.74, 6) is -0.0351. The minimum absolute atomic E-state index is 0.0905. The van der Waals surface area contributed by atoms with Crippen LogP contribution in [0.3, 0.4) is 0 Å². The number of carbonyl (C=O) groups excluding carboxylic acids is 1. The summed E-state index contributed by atoms with van der Waals surface area (Å²) in [6.45, 7) is 1.81. The molecule has 0 saturated heterocycles. The lowest BCUT2D eigenvalue weighted by Gasteiger charge is -2.10. The smallest absolute Gasteiger partial charge is 0.345 e. The van der Waals surface area contributed by atoms with Gasteiger partial charge in [-0.25, -0.2) is 9.78 Å². The molecule has 0 saturated carbocycles. The maximum atomic E-state index is 12.9. The molecule has 1 aromatic carbocycles. The lowest BCUT2D eigenvalue weighted by Crippen LogP contribution is -2.20. The number of benzene rings is 1. The van der Waals surface area contributed by atoms with Gasteiger partial charge in [-0.2, -0.15) is 0 Å². The van der Waals surface area contributed by atoms with Crippen LogP contribution in [0.4, 0.5) is 0 Å². The van der Waals surface area contributed by atoms with Crippen LogP contribution in [0, 0.1) is 0 Å². The summed E-state index contributed by atoms with van der Waals surface area (Å²) < 4.78 is 12.2. The number of rotatable bonds is 4. The first-order valence-corrected chi connectivity index (χ1v) is 7.63. The van der Waals surface area contributed by atoms with E-state index in [1.165, 1.54) is 12.1 Å². The summed E-state index contributed by atoms with van der Waals surface area (Å²) >= 11 is 0. The van der Waals surface area contributed by atoms with Crippen molar-refractivity contribution >= 4 is 5.97 Å². The molecular formula is C18H16N2O5. The Balaban J connectivity index is 2.27. The standard InChI is InChI=1S/C18H16N2O5/c1-3-24-18(23)13-10-25-16(11-4-6-12(21)7-5-11)14(15(13)22)17-19-8-9-20(17)2/h4-10,21H,3H2,1-2H3. The number of carbonyl (C=O) groups is 1. The van der Waals surface area contributed by atoms with Crippen molar-refractivity contribution in [1.29, 1.82) is 0 Å². The van der Waals surface area contributed by atoms with E-state index in [4.69, 9.17) is 9.15 Å². The lowest BCUT2D eigenvalue weighted by atomic mass is 10.0. The first kappa shape index (κ1) is 16.5. The third-order valence-electron chi connectivity index (χ3n) is 3.66. The van der Waals surface area contributed by atoms with Crippen LogP contribution in [0.1, 0.15) is 17.3 Å². The Morgan fingerprint density at radius 2 is 2.04 bits per heavy atom. The molecule has 0 aliphatic heterocycles. The summed E-state index contributed by atoms with van der Waals surface area (Å²) in [7, 11) is 1.74. The molecule has 0 bridgehead atoms. The number of phenols is 1. The minimum atomic E-state index is -0.746. The Labute approximate surface area is 143 Å². The van der Waals surface area contributed by atoms with Gasteiger partial charge in [0.1, 0.15) is 34.7 Å². The number of hydrogen-bond donors (Lipinski definition) is 1. The van der Waals surface area contributed by atoms with Crippen molar-refractivity contribution in [2.24, 2.45) is 7.05 Å². The van der Waals surface area contributed by atoms with Crippen LogP contribution in [0.25, 0.3) is 22.7 Å². The molecule has 2 aromatic heterocycles. The lowest BCUT2D eigenvalue weighted by molar-refractivity contribution is 0.0522. The normalized spacial score (nSPS) is 10.6. The molecule has 128 valence electrons. The second-order valence-corrected chi connectivity index (χ2v) is 5.31. The largest absolute Gasteiger partial charge is 0.508 e. The predicted octanol–water partition coefficient (Wildman–Crippen LogP) is 2.59. The number of aryl methyl sites for hydroxylation is 1. The van der Waals surface area contributed by atoms with Crippen molar-refractivity contribution in [3.63, 3.8) is 0 Å². The molecule has 7 heteroatoms. The Morgan fingerprint density at radius 3 is 2.64 bits per heavy atom. The maximum Gasteiger partial charge on any atom is 0.345 e. The highest BCUT2D eigenvalue weighted by atomic mass is 16.5. The quantitative estimate of drug-likeness (QED) is 0.734. The van der Waals surface area contributed by atoms with Crippen molar-refractivity contribution in [1.82, 2.24) is 9.55 Å². The van der Waals surface area contributed by atoms with Gasteiger partial charge in [-0.05, 0) is 31.2 Å². The molecule has 2 heterocycles. The molecule has 0 radical (unpaired) electrons. The third-order valence-corrected chi connectivity index (χ3v) is 3.66. The van der Waals surface area contributed by atoms with Gasteiger partial charge in [0.25, 0.3) is 0 Å².